The fourth-order valence-corrected chi connectivity index (χ4v) is 2.04. The minimum absolute atomic E-state index is 0.0677. The van der Waals surface area contributed by atoms with Gasteiger partial charge < -0.3 is 30.8 Å². The summed E-state index contributed by atoms with van der Waals surface area (Å²) in [7, 11) is 0. The van der Waals surface area contributed by atoms with Gasteiger partial charge in [0.25, 0.3) is 0 Å². The number of carbonyl (C=O) groups is 1. The summed E-state index contributed by atoms with van der Waals surface area (Å²) in [5.74, 6) is 0.262. The van der Waals surface area contributed by atoms with Crippen LogP contribution in [-0.2, 0) is 20.8 Å². The van der Waals surface area contributed by atoms with E-state index < -0.39 is 0 Å². The fourth-order valence-electron chi connectivity index (χ4n) is 2.04. The van der Waals surface area contributed by atoms with Crippen molar-refractivity contribution in [3.8, 4) is 0 Å². The van der Waals surface area contributed by atoms with Gasteiger partial charge in [0.05, 0.1) is 32.8 Å². The molecule has 2 aromatic heterocycles. The van der Waals surface area contributed by atoms with Crippen LogP contribution in [0.25, 0.3) is 11.2 Å². The number of nitrogens with one attached hydrogen (secondary N) is 1. The van der Waals surface area contributed by atoms with E-state index in [4.69, 9.17) is 20.9 Å². The molecule has 24 heavy (non-hydrogen) atoms. The van der Waals surface area contributed by atoms with Crippen molar-refractivity contribution in [3.63, 3.8) is 0 Å². The van der Waals surface area contributed by atoms with Crippen molar-refractivity contribution in [2.75, 3.05) is 45.3 Å². The molecule has 1 amide bonds. The van der Waals surface area contributed by atoms with E-state index in [0.717, 1.165) is 0 Å². The van der Waals surface area contributed by atoms with Gasteiger partial charge in [0, 0.05) is 26.1 Å². The minimum Gasteiger partial charge on any atom is -0.382 e. The van der Waals surface area contributed by atoms with Gasteiger partial charge in [-0.3, -0.25) is 4.79 Å². The van der Waals surface area contributed by atoms with Gasteiger partial charge in [-0.05, 0) is 0 Å². The summed E-state index contributed by atoms with van der Waals surface area (Å²) in [6.45, 7) is 3.37. The largest absolute Gasteiger partial charge is 0.382 e. The molecule has 2 aromatic rings. The van der Waals surface area contributed by atoms with Crippen LogP contribution in [0.4, 0.5) is 5.82 Å². The Kier molecular flexibility index (Phi) is 7.33. The number of amides is 1. The molecular formula is C14H23N7O3. The number of ether oxygens (including phenoxy) is 2. The summed E-state index contributed by atoms with van der Waals surface area (Å²) < 4.78 is 12.3. The van der Waals surface area contributed by atoms with Crippen molar-refractivity contribution in [3.05, 3.63) is 12.7 Å². The Balaban J connectivity index is 1.62. The van der Waals surface area contributed by atoms with Crippen LogP contribution < -0.4 is 16.8 Å². The Morgan fingerprint density at radius 1 is 1.17 bits per heavy atom. The Bertz CT molecular complexity index is 646. The van der Waals surface area contributed by atoms with E-state index in [-0.39, 0.29) is 5.91 Å². The summed E-state index contributed by atoms with van der Waals surface area (Å²) in [5.41, 5.74) is 12.2. The van der Waals surface area contributed by atoms with Crippen LogP contribution in [0, 0.1) is 0 Å². The summed E-state index contributed by atoms with van der Waals surface area (Å²) >= 11 is 0. The van der Waals surface area contributed by atoms with Gasteiger partial charge in [0.1, 0.15) is 11.8 Å². The smallest absolute Gasteiger partial charge is 0.221 e. The van der Waals surface area contributed by atoms with E-state index >= 15 is 0 Å². The van der Waals surface area contributed by atoms with Gasteiger partial charge in [-0.1, -0.05) is 0 Å². The molecule has 5 N–H and O–H groups in total. The summed E-state index contributed by atoms with van der Waals surface area (Å²) in [6.07, 6.45) is 3.30. The molecule has 2 heterocycles. The zero-order valence-corrected chi connectivity index (χ0v) is 13.5. The number of nitrogens with zero attached hydrogens (tertiary/aromatic N) is 4. The molecule has 0 unspecified atom stereocenters. The lowest BCUT2D eigenvalue weighted by molar-refractivity contribution is -0.121. The molecule has 0 aliphatic carbocycles. The second-order valence-electron chi connectivity index (χ2n) is 4.98. The van der Waals surface area contributed by atoms with Gasteiger partial charge in [0.2, 0.25) is 5.91 Å². The van der Waals surface area contributed by atoms with Crippen molar-refractivity contribution in [1.29, 1.82) is 0 Å². The highest BCUT2D eigenvalue weighted by Gasteiger charge is 2.09. The van der Waals surface area contributed by atoms with Crippen LogP contribution in [-0.4, -0.2) is 64.9 Å². The molecule has 132 valence electrons. The number of hydrogen-bond donors (Lipinski definition) is 3. The van der Waals surface area contributed by atoms with Gasteiger partial charge in [0.15, 0.2) is 11.5 Å². The van der Waals surface area contributed by atoms with Gasteiger partial charge in [-0.2, -0.15) is 0 Å². The molecular weight excluding hydrogens is 314 g/mol. The number of imidazole rings is 1. The predicted octanol–water partition coefficient (Wildman–Crippen LogP) is -1.09. The van der Waals surface area contributed by atoms with Gasteiger partial charge in [-0.15, -0.1) is 0 Å². The van der Waals surface area contributed by atoms with Crippen LogP contribution in [0.5, 0.6) is 0 Å². The molecule has 0 aromatic carbocycles. The second-order valence-corrected chi connectivity index (χ2v) is 4.98. The molecule has 0 spiro atoms. The number of hydrogen-bond acceptors (Lipinski definition) is 8. The first kappa shape index (κ1) is 18.0. The molecule has 10 nitrogen and oxygen atoms in total. The quantitative estimate of drug-likeness (QED) is 0.439. The number of aryl methyl sites for hydroxylation is 1. The number of nitrogens with two attached hydrogens (primary N) is 2. The lowest BCUT2D eigenvalue weighted by atomic mass is 10.4. The minimum atomic E-state index is -0.0677. The van der Waals surface area contributed by atoms with Gasteiger partial charge >= 0.3 is 0 Å². The van der Waals surface area contributed by atoms with Crippen LogP contribution in [0.15, 0.2) is 12.7 Å². The third-order valence-corrected chi connectivity index (χ3v) is 3.21. The van der Waals surface area contributed by atoms with E-state index in [1.807, 2.05) is 0 Å². The average molecular weight is 337 g/mol. The zero-order chi connectivity index (χ0) is 17.2. The fraction of sp³-hybridized carbons (Fsp3) is 0.571. The topological polar surface area (TPSA) is 143 Å². The van der Waals surface area contributed by atoms with Crippen molar-refractivity contribution in [1.82, 2.24) is 24.8 Å². The summed E-state index contributed by atoms with van der Waals surface area (Å²) in [5, 5.41) is 2.79. The highest BCUT2D eigenvalue weighted by Crippen LogP contribution is 2.14. The van der Waals surface area contributed by atoms with Crippen molar-refractivity contribution in [2.45, 2.75) is 13.0 Å². The SMILES string of the molecule is NCCOCCOCCNC(=O)CCn1cnc2c(N)ncnc21. The van der Waals surface area contributed by atoms with E-state index in [1.165, 1.54) is 6.33 Å². The lowest BCUT2D eigenvalue weighted by Crippen LogP contribution is -2.28. The van der Waals surface area contributed by atoms with E-state index in [9.17, 15) is 4.79 Å². The standard InChI is InChI=1S/C14H23N7O3/c15-2-5-23-7-8-24-6-3-17-11(22)1-4-21-10-20-12-13(16)18-9-19-14(12)21/h9-10H,1-8,15H2,(H,17,22)(H2,16,18,19). The third-order valence-electron chi connectivity index (χ3n) is 3.21. The maximum absolute atomic E-state index is 11.8. The Labute approximate surface area is 139 Å². The third kappa shape index (κ3) is 5.41. The molecule has 0 atom stereocenters. The van der Waals surface area contributed by atoms with Gasteiger partial charge in [-0.25, -0.2) is 15.0 Å². The number of nitrogen functional groups attached to an aromatic ring is 1. The Morgan fingerprint density at radius 3 is 2.75 bits per heavy atom. The van der Waals surface area contributed by atoms with Crippen LogP contribution in [0.2, 0.25) is 0 Å². The summed E-state index contributed by atoms with van der Waals surface area (Å²) in [4.78, 5) is 24.0. The Morgan fingerprint density at radius 2 is 1.96 bits per heavy atom. The second kappa shape index (κ2) is 9.75. The van der Waals surface area contributed by atoms with Crippen LogP contribution in [0.3, 0.4) is 0 Å². The molecule has 0 bridgehead atoms. The number of carbonyl (C=O) groups excluding carboxylic acids is 1. The summed E-state index contributed by atoms with van der Waals surface area (Å²) in [6, 6.07) is 0. The molecule has 10 heteroatoms. The predicted molar refractivity (Wildman–Crippen MR) is 88.1 cm³/mol. The Hall–Kier alpha value is -2.30. The molecule has 0 saturated heterocycles. The zero-order valence-electron chi connectivity index (χ0n) is 13.5. The highest BCUT2D eigenvalue weighted by molar-refractivity contribution is 5.81. The first-order valence-electron chi connectivity index (χ1n) is 7.76. The first-order valence-corrected chi connectivity index (χ1v) is 7.76. The normalized spacial score (nSPS) is 11.0. The average Bonchev–Trinajstić information content (AvgIpc) is 3.00. The molecule has 2 rings (SSSR count). The van der Waals surface area contributed by atoms with Crippen LogP contribution in [0.1, 0.15) is 6.42 Å². The first-order chi connectivity index (χ1) is 11.7. The van der Waals surface area contributed by atoms with Crippen molar-refractivity contribution in [2.24, 2.45) is 5.73 Å². The highest BCUT2D eigenvalue weighted by atomic mass is 16.5. The van der Waals surface area contributed by atoms with E-state index in [0.29, 0.717) is 69.5 Å². The molecule has 0 radical (unpaired) electrons. The number of rotatable bonds is 11. The molecule has 0 fully saturated rings. The number of aromatic nitrogens is 4. The monoisotopic (exact) mass is 337 g/mol. The molecule has 0 aliphatic heterocycles. The van der Waals surface area contributed by atoms with Crippen molar-refractivity contribution < 1.29 is 14.3 Å². The maximum Gasteiger partial charge on any atom is 0.221 e. The number of anilines is 1. The molecule has 0 saturated carbocycles. The van der Waals surface area contributed by atoms with E-state index in [2.05, 4.69) is 20.3 Å². The number of fused-ring (bicyclic) bond motifs is 1. The van der Waals surface area contributed by atoms with Crippen molar-refractivity contribution >= 4 is 22.9 Å². The lowest BCUT2D eigenvalue weighted by Gasteiger charge is -2.07. The van der Waals surface area contributed by atoms with Crippen LogP contribution >= 0.6 is 0 Å². The van der Waals surface area contributed by atoms with E-state index in [1.54, 1.807) is 10.9 Å². The maximum atomic E-state index is 11.8. The molecule has 0 aliphatic rings.